The molecule has 0 saturated carbocycles. The number of Topliss-reactive ketones (excluding diaryl/α,β-unsaturated/α-hetero) is 1. The van der Waals surface area contributed by atoms with E-state index in [9.17, 15) is 9.18 Å². The van der Waals surface area contributed by atoms with Gasteiger partial charge in [0, 0.05) is 17.7 Å². The molecule has 0 radical (unpaired) electrons. The average Bonchev–Trinajstić information content (AvgIpc) is 3.15. The van der Waals surface area contributed by atoms with Gasteiger partial charge in [-0.15, -0.1) is 0 Å². The van der Waals surface area contributed by atoms with E-state index in [2.05, 4.69) is 34.5 Å². The van der Waals surface area contributed by atoms with Crippen molar-refractivity contribution in [2.24, 2.45) is 0 Å². The van der Waals surface area contributed by atoms with Crippen LogP contribution in [-0.4, -0.2) is 20.5 Å². The molecule has 140 valence electrons. The highest BCUT2D eigenvalue weighted by molar-refractivity contribution is 6.00. The number of hydrogen-bond donors (Lipinski definition) is 1. The summed E-state index contributed by atoms with van der Waals surface area (Å²) in [5.74, 6) is 0.521. The summed E-state index contributed by atoms with van der Waals surface area (Å²) in [6.07, 6.45) is 2.66. The summed E-state index contributed by atoms with van der Waals surface area (Å²) in [6, 6.07) is 14.1. The van der Waals surface area contributed by atoms with Gasteiger partial charge in [-0.1, -0.05) is 36.4 Å². The molecule has 5 rings (SSSR count). The standard InChI is InChI=1S/C22H19FN4O/c1-13-4-2-3-5-17(13)15-10-18-20(19(28)11-15)21(14-6-8-16(23)9-7-14)27-22(26-18)24-12-25-27/h2-9,12,15,21H,10-11H2,1H3,(H,24,25,26)/t15-,21+/m0/s1. The van der Waals surface area contributed by atoms with E-state index in [0.29, 0.717) is 17.9 Å². The van der Waals surface area contributed by atoms with Crippen molar-refractivity contribution < 1.29 is 9.18 Å². The van der Waals surface area contributed by atoms with Crippen LogP contribution in [0.25, 0.3) is 0 Å². The fourth-order valence-electron chi connectivity index (χ4n) is 4.37. The number of carbonyl (C=O) groups is 1. The quantitative estimate of drug-likeness (QED) is 0.732. The average molecular weight is 374 g/mol. The molecule has 0 unspecified atom stereocenters. The van der Waals surface area contributed by atoms with Crippen molar-refractivity contribution >= 4 is 11.7 Å². The van der Waals surface area contributed by atoms with Crippen LogP contribution in [0.3, 0.4) is 0 Å². The van der Waals surface area contributed by atoms with Gasteiger partial charge >= 0.3 is 0 Å². The lowest BCUT2D eigenvalue weighted by molar-refractivity contribution is -0.116. The minimum Gasteiger partial charge on any atom is -0.328 e. The first-order chi connectivity index (χ1) is 13.6. The maximum atomic E-state index is 13.5. The Morgan fingerprint density at radius 1 is 1.11 bits per heavy atom. The van der Waals surface area contributed by atoms with E-state index in [1.54, 1.807) is 16.8 Å². The second-order valence-corrected chi connectivity index (χ2v) is 7.38. The van der Waals surface area contributed by atoms with E-state index in [-0.39, 0.29) is 23.6 Å². The summed E-state index contributed by atoms with van der Waals surface area (Å²) in [7, 11) is 0. The maximum absolute atomic E-state index is 13.5. The first-order valence-electron chi connectivity index (χ1n) is 9.35. The van der Waals surface area contributed by atoms with Gasteiger partial charge in [-0.25, -0.2) is 9.07 Å². The van der Waals surface area contributed by atoms with Crippen molar-refractivity contribution in [3.05, 3.63) is 88.6 Å². The second kappa shape index (κ2) is 6.41. The Bertz CT molecular complexity index is 1100. The number of halogens is 1. The molecule has 2 atom stereocenters. The number of carbonyl (C=O) groups excluding carboxylic acids is 1. The van der Waals surface area contributed by atoms with Gasteiger partial charge < -0.3 is 5.32 Å². The number of nitrogens with zero attached hydrogens (tertiary/aromatic N) is 3. The van der Waals surface area contributed by atoms with Crippen molar-refractivity contribution in [3.8, 4) is 0 Å². The zero-order valence-electron chi connectivity index (χ0n) is 15.4. The van der Waals surface area contributed by atoms with Crippen molar-refractivity contribution in [1.82, 2.24) is 14.8 Å². The van der Waals surface area contributed by atoms with E-state index in [4.69, 9.17) is 0 Å². The summed E-state index contributed by atoms with van der Waals surface area (Å²) in [6.45, 7) is 2.08. The molecule has 3 aromatic rings. The Morgan fingerprint density at radius 2 is 1.89 bits per heavy atom. The highest BCUT2D eigenvalue weighted by atomic mass is 19.1. The van der Waals surface area contributed by atoms with Gasteiger partial charge in [-0.05, 0) is 48.1 Å². The molecule has 28 heavy (non-hydrogen) atoms. The van der Waals surface area contributed by atoms with Gasteiger partial charge in [0.05, 0.1) is 0 Å². The number of ketones is 1. The first-order valence-corrected chi connectivity index (χ1v) is 9.35. The van der Waals surface area contributed by atoms with E-state index in [1.165, 1.54) is 29.6 Å². The number of fused-ring (bicyclic) bond motifs is 1. The van der Waals surface area contributed by atoms with E-state index in [1.807, 2.05) is 12.1 Å². The van der Waals surface area contributed by atoms with E-state index >= 15 is 0 Å². The zero-order chi connectivity index (χ0) is 19.3. The van der Waals surface area contributed by atoms with Crippen molar-refractivity contribution in [1.29, 1.82) is 0 Å². The predicted octanol–water partition coefficient (Wildman–Crippen LogP) is 4.14. The molecule has 0 spiro atoms. The molecule has 0 saturated heterocycles. The van der Waals surface area contributed by atoms with Crippen LogP contribution in [-0.2, 0) is 4.79 Å². The molecule has 5 nitrogen and oxygen atoms in total. The lowest BCUT2D eigenvalue weighted by Gasteiger charge is -2.35. The molecule has 0 bridgehead atoms. The molecule has 1 aromatic heterocycles. The topological polar surface area (TPSA) is 59.8 Å². The third kappa shape index (κ3) is 2.64. The molecule has 0 fully saturated rings. The number of aryl methyl sites for hydroxylation is 1. The van der Waals surface area contributed by atoms with Gasteiger partial charge in [-0.3, -0.25) is 4.79 Å². The number of anilines is 1. The molecular formula is C22H19FN4O. The normalized spacial score (nSPS) is 21.1. The third-order valence-electron chi connectivity index (χ3n) is 5.68. The molecular weight excluding hydrogens is 355 g/mol. The lowest BCUT2D eigenvalue weighted by atomic mass is 9.77. The van der Waals surface area contributed by atoms with Crippen LogP contribution in [0.2, 0.25) is 0 Å². The summed E-state index contributed by atoms with van der Waals surface area (Å²) in [5.41, 5.74) is 4.81. The molecule has 2 aliphatic rings. The Morgan fingerprint density at radius 3 is 2.68 bits per heavy atom. The van der Waals surface area contributed by atoms with Crippen molar-refractivity contribution in [2.75, 3.05) is 5.32 Å². The van der Waals surface area contributed by atoms with Crippen LogP contribution in [0.15, 0.2) is 66.1 Å². The van der Waals surface area contributed by atoms with Gasteiger partial charge in [-0.2, -0.15) is 10.1 Å². The molecule has 2 heterocycles. The summed E-state index contributed by atoms with van der Waals surface area (Å²) in [5, 5.41) is 7.63. The minimum atomic E-state index is -0.389. The van der Waals surface area contributed by atoms with Gasteiger partial charge in [0.1, 0.15) is 18.2 Å². The highest BCUT2D eigenvalue weighted by Crippen LogP contribution is 2.44. The monoisotopic (exact) mass is 374 g/mol. The lowest BCUT2D eigenvalue weighted by Crippen LogP contribution is -2.33. The Hall–Kier alpha value is -3.28. The summed E-state index contributed by atoms with van der Waals surface area (Å²) < 4.78 is 15.2. The number of aromatic nitrogens is 3. The highest BCUT2D eigenvalue weighted by Gasteiger charge is 2.39. The Labute approximate surface area is 161 Å². The molecule has 6 heteroatoms. The van der Waals surface area contributed by atoms with Crippen LogP contribution in [0.5, 0.6) is 0 Å². The van der Waals surface area contributed by atoms with Crippen molar-refractivity contribution in [3.63, 3.8) is 0 Å². The van der Waals surface area contributed by atoms with Gasteiger partial charge in [0.25, 0.3) is 0 Å². The molecule has 1 aliphatic heterocycles. The zero-order valence-corrected chi connectivity index (χ0v) is 15.4. The van der Waals surface area contributed by atoms with E-state index < -0.39 is 0 Å². The molecule has 2 aromatic carbocycles. The van der Waals surface area contributed by atoms with Crippen LogP contribution in [0.4, 0.5) is 10.3 Å². The maximum Gasteiger partial charge on any atom is 0.226 e. The Balaban J connectivity index is 1.61. The SMILES string of the molecule is Cc1ccccc1[C@@H]1CC(=O)C2=C(C1)Nc1ncnn1[C@@H]2c1ccc(F)cc1. The molecule has 1 aliphatic carbocycles. The number of hydrogen-bond acceptors (Lipinski definition) is 4. The minimum absolute atomic E-state index is 0.0949. The van der Waals surface area contributed by atoms with E-state index in [0.717, 1.165) is 17.7 Å². The van der Waals surface area contributed by atoms with Crippen LogP contribution < -0.4 is 5.32 Å². The Kier molecular flexibility index (Phi) is 3.86. The first kappa shape index (κ1) is 16.9. The smallest absolute Gasteiger partial charge is 0.226 e. The third-order valence-corrected chi connectivity index (χ3v) is 5.68. The second-order valence-electron chi connectivity index (χ2n) is 7.38. The van der Waals surface area contributed by atoms with Gasteiger partial charge in [0.2, 0.25) is 5.95 Å². The van der Waals surface area contributed by atoms with Crippen LogP contribution >= 0.6 is 0 Å². The largest absolute Gasteiger partial charge is 0.328 e. The van der Waals surface area contributed by atoms with Crippen molar-refractivity contribution in [2.45, 2.75) is 31.7 Å². The number of nitrogens with one attached hydrogen (secondary N) is 1. The fraction of sp³-hybridized carbons (Fsp3) is 0.227. The number of rotatable bonds is 2. The van der Waals surface area contributed by atoms with Gasteiger partial charge in [0.15, 0.2) is 5.78 Å². The summed E-state index contributed by atoms with van der Waals surface area (Å²) in [4.78, 5) is 17.6. The molecule has 1 N–H and O–H groups in total. The fourth-order valence-corrected chi connectivity index (χ4v) is 4.37. The molecule has 0 amide bonds. The predicted molar refractivity (Wildman–Crippen MR) is 103 cm³/mol. The number of benzene rings is 2. The summed E-state index contributed by atoms with van der Waals surface area (Å²) >= 11 is 0. The van der Waals surface area contributed by atoms with Crippen LogP contribution in [0.1, 0.15) is 41.5 Å². The number of allylic oxidation sites excluding steroid dienone is 2. The van der Waals surface area contributed by atoms with Crippen LogP contribution in [0, 0.1) is 12.7 Å².